The second-order valence-corrected chi connectivity index (χ2v) is 9.00. The smallest absolute Gasteiger partial charge is 0.412 e. The molecule has 0 aliphatic heterocycles. The van der Waals surface area contributed by atoms with Crippen LogP contribution in [0.15, 0.2) is 41.0 Å². The number of rotatable bonds is 4. The van der Waals surface area contributed by atoms with Gasteiger partial charge in [0.05, 0.1) is 12.3 Å². The summed E-state index contributed by atoms with van der Waals surface area (Å²) in [5.74, 6) is 0.170. The van der Waals surface area contributed by atoms with Gasteiger partial charge in [-0.1, -0.05) is 67.7 Å². The first kappa shape index (κ1) is 22.6. The molecule has 0 atom stereocenters. The van der Waals surface area contributed by atoms with Crippen LogP contribution in [0.4, 0.5) is 10.5 Å². The van der Waals surface area contributed by atoms with Crippen LogP contribution in [0.25, 0.3) is 0 Å². The predicted molar refractivity (Wildman–Crippen MR) is 106 cm³/mol. The van der Waals surface area contributed by atoms with Crippen LogP contribution in [0.5, 0.6) is 0 Å². The van der Waals surface area contributed by atoms with Gasteiger partial charge in [-0.15, -0.1) is 0 Å². The number of amidine groups is 1. The summed E-state index contributed by atoms with van der Waals surface area (Å²) < 4.78 is 3.14. The van der Waals surface area contributed by atoms with Crippen molar-refractivity contribution < 1.29 is 14.6 Å². The summed E-state index contributed by atoms with van der Waals surface area (Å²) in [5, 5.41) is 11.6. The summed E-state index contributed by atoms with van der Waals surface area (Å²) in [6, 6.07) is 6.82. The van der Waals surface area contributed by atoms with E-state index in [2.05, 4.69) is 10.3 Å². The second-order valence-electron chi connectivity index (χ2n) is 6.49. The highest BCUT2D eigenvalue weighted by Gasteiger charge is 2.22. The van der Waals surface area contributed by atoms with E-state index in [1.165, 1.54) is 6.08 Å². The Kier molecular flexibility index (Phi) is 8.21. The Morgan fingerprint density at radius 3 is 2.31 bits per heavy atom. The van der Waals surface area contributed by atoms with Gasteiger partial charge in [-0.2, -0.15) is 0 Å². The molecule has 0 aromatic heterocycles. The molecule has 0 bridgehead atoms. The molecule has 1 aromatic carbocycles. The summed E-state index contributed by atoms with van der Waals surface area (Å²) in [6.07, 6.45) is 0.705. The number of nitrogens with zero attached hydrogens (tertiary/aromatic N) is 1. The zero-order chi connectivity index (χ0) is 20.0. The standard InChI is InChI=1S/C17H22Cl3N3O3/c1-16(2,3)13(21)8-14(23-15(25)26-10-17(18,19)20)22-12-6-4-11(9-24)5-7-12/h4-8,24H,9-10,21H2,1-3H3,(H,22,23,25). The molecule has 0 spiro atoms. The number of nitrogens with one attached hydrogen (secondary N) is 1. The van der Waals surface area contributed by atoms with Gasteiger partial charge in [0, 0.05) is 17.2 Å². The number of amides is 1. The Hall–Kier alpha value is -1.47. The van der Waals surface area contributed by atoms with Crippen molar-refractivity contribution in [1.82, 2.24) is 5.32 Å². The summed E-state index contributed by atoms with van der Waals surface area (Å²) in [4.78, 5) is 16.3. The Morgan fingerprint density at radius 2 is 1.85 bits per heavy atom. The van der Waals surface area contributed by atoms with Crippen molar-refractivity contribution in [2.75, 3.05) is 6.61 Å². The van der Waals surface area contributed by atoms with E-state index in [0.29, 0.717) is 11.4 Å². The third-order valence-electron chi connectivity index (χ3n) is 3.12. The molecule has 1 aromatic rings. The number of alkyl halides is 3. The van der Waals surface area contributed by atoms with Gasteiger partial charge in [0.15, 0.2) is 0 Å². The summed E-state index contributed by atoms with van der Waals surface area (Å²) in [7, 11) is 0. The molecule has 0 heterocycles. The second kappa shape index (κ2) is 9.46. The van der Waals surface area contributed by atoms with Crippen molar-refractivity contribution in [3.8, 4) is 0 Å². The molecule has 6 nitrogen and oxygen atoms in total. The van der Waals surface area contributed by atoms with Crippen molar-refractivity contribution in [2.45, 2.75) is 31.2 Å². The number of hydrogen-bond donors (Lipinski definition) is 3. The topological polar surface area (TPSA) is 96.9 Å². The van der Waals surface area contributed by atoms with Crippen LogP contribution in [0.1, 0.15) is 26.3 Å². The first-order valence-corrected chi connectivity index (χ1v) is 8.81. The Balaban J connectivity index is 3.05. The molecule has 0 aliphatic rings. The minimum Gasteiger partial charge on any atom is -0.445 e. The molecule has 26 heavy (non-hydrogen) atoms. The zero-order valence-corrected chi connectivity index (χ0v) is 17.0. The maximum atomic E-state index is 11.9. The van der Waals surface area contributed by atoms with E-state index in [-0.39, 0.29) is 17.9 Å². The number of aliphatic hydroxyl groups is 1. The fourth-order valence-electron chi connectivity index (χ4n) is 1.56. The molecule has 0 unspecified atom stereocenters. The van der Waals surface area contributed by atoms with Crippen molar-refractivity contribution in [3.63, 3.8) is 0 Å². The summed E-state index contributed by atoms with van der Waals surface area (Å²) >= 11 is 16.7. The van der Waals surface area contributed by atoms with Crippen molar-refractivity contribution in [1.29, 1.82) is 0 Å². The van der Waals surface area contributed by atoms with Crippen molar-refractivity contribution in [2.24, 2.45) is 16.1 Å². The van der Waals surface area contributed by atoms with Crippen LogP contribution in [-0.4, -0.2) is 27.4 Å². The van der Waals surface area contributed by atoms with Crippen LogP contribution < -0.4 is 11.1 Å². The first-order chi connectivity index (χ1) is 11.9. The predicted octanol–water partition coefficient (Wildman–Crippen LogP) is 4.19. The molecule has 0 aliphatic carbocycles. The molecular formula is C17H22Cl3N3O3. The van der Waals surface area contributed by atoms with Crippen LogP contribution >= 0.6 is 34.8 Å². The number of halogens is 3. The number of hydrogen-bond acceptors (Lipinski definition) is 5. The van der Waals surface area contributed by atoms with Crippen LogP contribution in [0.2, 0.25) is 0 Å². The van der Waals surface area contributed by atoms with Gasteiger partial charge in [0.25, 0.3) is 0 Å². The highest BCUT2D eigenvalue weighted by atomic mass is 35.6. The van der Waals surface area contributed by atoms with E-state index in [1.807, 2.05) is 20.8 Å². The largest absolute Gasteiger partial charge is 0.445 e. The van der Waals surface area contributed by atoms with Gasteiger partial charge >= 0.3 is 6.09 Å². The Labute approximate surface area is 168 Å². The normalized spacial score (nSPS) is 13.5. The lowest BCUT2D eigenvalue weighted by molar-refractivity contribution is 0.154. The zero-order valence-electron chi connectivity index (χ0n) is 14.7. The molecule has 0 radical (unpaired) electrons. The monoisotopic (exact) mass is 421 g/mol. The highest BCUT2D eigenvalue weighted by Crippen LogP contribution is 2.26. The van der Waals surface area contributed by atoms with E-state index in [9.17, 15) is 4.79 Å². The molecule has 9 heteroatoms. The number of aliphatic imine (C=N–C) groups is 1. The molecule has 4 N–H and O–H groups in total. The van der Waals surface area contributed by atoms with Gasteiger partial charge in [0.2, 0.25) is 3.79 Å². The lowest BCUT2D eigenvalue weighted by Gasteiger charge is -2.19. The maximum absolute atomic E-state index is 11.9. The molecule has 144 valence electrons. The Morgan fingerprint density at radius 1 is 1.27 bits per heavy atom. The number of benzene rings is 1. The minimum absolute atomic E-state index is 0.0741. The van der Waals surface area contributed by atoms with Crippen molar-refractivity contribution >= 4 is 52.4 Å². The lowest BCUT2D eigenvalue weighted by Crippen LogP contribution is -2.33. The number of allylic oxidation sites excluding steroid dienone is 1. The molecule has 0 saturated heterocycles. The van der Waals surface area contributed by atoms with Crippen LogP contribution in [0, 0.1) is 5.41 Å². The highest BCUT2D eigenvalue weighted by molar-refractivity contribution is 6.67. The number of carbonyl (C=O) groups excluding carboxylic acids is 1. The number of aliphatic hydroxyl groups excluding tert-OH is 1. The molecule has 1 rings (SSSR count). The molecule has 0 saturated carbocycles. The number of alkyl carbamates (subject to hydrolysis) is 1. The molecular weight excluding hydrogens is 401 g/mol. The quantitative estimate of drug-likeness (QED) is 0.385. The van der Waals surface area contributed by atoms with Gasteiger partial charge in [-0.25, -0.2) is 9.79 Å². The summed E-state index contributed by atoms with van der Waals surface area (Å²) in [6.45, 7) is 5.28. The van der Waals surface area contributed by atoms with Gasteiger partial charge in [-0.3, -0.25) is 5.32 Å². The lowest BCUT2D eigenvalue weighted by atomic mass is 9.92. The van der Waals surface area contributed by atoms with Gasteiger partial charge < -0.3 is 15.6 Å². The van der Waals surface area contributed by atoms with E-state index < -0.39 is 16.5 Å². The van der Waals surface area contributed by atoms with Gasteiger partial charge in [-0.05, 0) is 17.7 Å². The molecule has 0 fully saturated rings. The third-order valence-corrected chi connectivity index (χ3v) is 3.45. The van der Waals surface area contributed by atoms with E-state index in [1.54, 1.807) is 24.3 Å². The molecule has 1 amide bonds. The number of ether oxygens (including phenoxy) is 1. The first-order valence-electron chi connectivity index (χ1n) is 7.67. The third kappa shape index (κ3) is 8.76. The van der Waals surface area contributed by atoms with Crippen LogP contribution in [-0.2, 0) is 11.3 Å². The van der Waals surface area contributed by atoms with E-state index >= 15 is 0 Å². The SMILES string of the molecule is CC(C)(C)C(N)=CC(=Nc1ccc(CO)cc1)NC(=O)OCC(Cl)(Cl)Cl. The van der Waals surface area contributed by atoms with Crippen molar-refractivity contribution in [3.05, 3.63) is 41.6 Å². The number of carbonyl (C=O) groups is 1. The average Bonchev–Trinajstić information content (AvgIpc) is 2.52. The maximum Gasteiger partial charge on any atom is 0.412 e. The van der Waals surface area contributed by atoms with Gasteiger partial charge in [0.1, 0.15) is 12.4 Å². The fourth-order valence-corrected chi connectivity index (χ4v) is 1.73. The summed E-state index contributed by atoms with van der Waals surface area (Å²) in [5.41, 5.74) is 7.53. The average molecular weight is 423 g/mol. The van der Waals surface area contributed by atoms with E-state index in [0.717, 1.165) is 5.56 Å². The van der Waals surface area contributed by atoms with Crippen LogP contribution in [0.3, 0.4) is 0 Å². The minimum atomic E-state index is -1.71. The Bertz CT molecular complexity index is 675. The fraction of sp³-hybridized carbons (Fsp3) is 0.412. The number of nitrogens with two attached hydrogens (primary N) is 1. The van der Waals surface area contributed by atoms with E-state index in [4.69, 9.17) is 50.4 Å².